The van der Waals surface area contributed by atoms with Crippen LogP contribution in [0.25, 0.3) is 0 Å². The lowest BCUT2D eigenvalue weighted by molar-refractivity contribution is 0.0951. The van der Waals surface area contributed by atoms with Crippen LogP contribution in [0.15, 0.2) is 30.3 Å². The summed E-state index contributed by atoms with van der Waals surface area (Å²) in [4.78, 5) is 32.0. The summed E-state index contributed by atoms with van der Waals surface area (Å²) in [6.07, 6.45) is 1.71. The van der Waals surface area contributed by atoms with Gasteiger partial charge in [-0.1, -0.05) is 26.8 Å². The Hall–Kier alpha value is -2.34. The summed E-state index contributed by atoms with van der Waals surface area (Å²) in [6.45, 7) is 9.74. The molecule has 0 atom stereocenters. The number of amides is 1. The summed E-state index contributed by atoms with van der Waals surface area (Å²) >= 11 is 0. The van der Waals surface area contributed by atoms with E-state index in [9.17, 15) is 24.3 Å². The molecule has 2 rings (SSSR count). The molecule has 8 heteroatoms. The van der Waals surface area contributed by atoms with Gasteiger partial charge < -0.3 is 24.9 Å². The van der Waals surface area contributed by atoms with Crippen molar-refractivity contribution < 1.29 is 29.0 Å². The van der Waals surface area contributed by atoms with Crippen LogP contribution in [0.4, 0.5) is 0 Å². The topological polar surface area (TPSA) is 116 Å². The fourth-order valence-electron chi connectivity index (χ4n) is 3.79. The average molecular weight is 464 g/mol. The number of hydrogen-bond acceptors (Lipinski definition) is 4. The summed E-state index contributed by atoms with van der Waals surface area (Å²) in [6, 6.07) is 8.56. The molecule has 2 aromatic carbocycles. The van der Waals surface area contributed by atoms with E-state index in [1.54, 1.807) is 38.1 Å². The standard InChI is InChI=1S/C24H34NO6P/c1-6-11-25-23(27)21-15-18(9-10-22(21)26)14-20-16(4)12-19(13-17(20)5)31-24(7-2,8-3)32(28,29)30/h9-10,12-13,15,26H,6-8,11,14H2,1-5H3,(H,25,27)(H2,28,29,30). The van der Waals surface area contributed by atoms with Crippen LogP contribution in [0.1, 0.15) is 72.6 Å². The molecule has 7 nitrogen and oxygen atoms in total. The van der Waals surface area contributed by atoms with Crippen LogP contribution in [-0.4, -0.2) is 32.7 Å². The first-order valence-electron chi connectivity index (χ1n) is 10.9. The highest BCUT2D eigenvalue weighted by Gasteiger charge is 2.46. The van der Waals surface area contributed by atoms with Crippen molar-refractivity contribution in [1.82, 2.24) is 5.32 Å². The van der Waals surface area contributed by atoms with Gasteiger partial charge in [-0.3, -0.25) is 9.36 Å². The summed E-state index contributed by atoms with van der Waals surface area (Å²) in [7, 11) is -4.48. The number of aromatic hydroxyl groups is 1. The molecule has 0 aliphatic carbocycles. The summed E-state index contributed by atoms with van der Waals surface area (Å²) < 4.78 is 18.0. The molecule has 1 amide bonds. The van der Waals surface area contributed by atoms with E-state index >= 15 is 0 Å². The zero-order valence-electron chi connectivity index (χ0n) is 19.4. The van der Waals surface area contributed by atoms with Gasteiger partial charge in [0.15, 0.2) is 0 Å². The van der Waals surface area contributed by atoms with Gasteiger partial charge >= 0.3 is 7.60 Å². The van der Waals surface area contributed by atoms with Crippen molar-refractivity contribution in [3.8, 4) is 11.5 Å². The van der Waals surface area contributed by atoms with E-state index in [-0.39, 0.29) is 30.1 Å². The van der Waals surface area contributed by atoms with Crippen LogP contribution in [0.3, 0.4) is 0 Å². The van der Waals surface area contributed by atoms with E-state index < -0.39 is 12.9 Å². The van der Waals surface area contributed by atoms with Crippen LogP contribution < -0.4 is 10.1 Å². The van der Waals surface area contributed by atoms with E-state index in [1.165, 1.54) is 6.07 Å². The molecule has 4 N–H and O–H groups in total. The van der Waals surface area contributed by atoms with Crippen molar-refractivity contribution in [1.29, 1.82) is 0 Å². The highest BCUT2D eigenvalue weighted by molar-refractivity contribution is 7.53. The van der Waals surface area contributed by atoms with Crippen molar-refractivity contribution in [2.45, 2.75) is 65.6 Å². The second-order valence-electron chi connectivity index (χ2n) is 8.12. The minimum atomic E-state index is -4.48. The summed E-state index contributed by atoms with van der Waals surface area (Å²) in [5.74, 6) is 0.0462. The zero-order valence-corrected chi connectivity index (χ0v) is 20.3. The Labute approximate surface area is 190 Å². The molecule has 32 heavy (non-hydrogen) atoms. The molecule has 0 saturated carbocycles. The molecular weight excluding hydrogens is 429 g/mol. The predicted molar refractivity (Wildman–Crippen MR) is 125 cm³/mol. The lowest BCUT2D eigenvalue weighted by atomic mass is 9.94. The quantitative estimate of drug-likeness (QED) is 0.376. The molecule has 0 saturated heterocycles. The molecule has 0 heterocycles. The Morgan fingerprint density at radius 2 is 1.66 bits per heavy atom. The smallest absolute Gasteiger partial charge is 0.368 e. The maximum absolute atomic E-state index is 12.3. The Morgan fingerprint density at radius 3 is 2.16 bits per heavy atom. The van der Waals surface area contributed by atoms with E-state index in [4.69, 9.17) is 4.74 Å². The fourth-order valence-corrected chi connectivity index (χ4v) is 4.84. The first-order chi connectivity index (χ1) is 15.0. The molecule has 2 aromatic rings. The average Bonchev–Trinajstić information content (AvgIpc) is 2.73. The molecule has 0 aliphatic rings. The van der Waals surface area contributed by atoms with Crippen molar-refractivity contribution in [3.05, 3.63) is 58.1 Å². The second-order valence-corrected chi connectivity index (χ2v) is 10.0. The molecule has 176 valence electrons. The first-order valence-corrected chi connectivity index (χ1v) is 12.5. The van der Waals surface area contributed by atoms with Gasteiger partial charge in [0.25, 0.3) is 5.91 Å². The minimum absolute atomic E-state index is 0.0625. The van der Waals surface area contributed by atoms with Crippen LogP contribution in [-0.2, 0) is 11.0 Å². The SMILES string of the molecule is CCCNC(=O)c1cc(Cc2c(C)cc(OC(CC)(CC)P(=O)(O)O)cc2C)ccc1O. The molecule has 0 bridgehead atoms. The molecule has 0 spiro atoms. The van der Waals surface area contributed by atoms with Gasteiger partial charge in [0, 0.05) is 6.54 Å². The minimum Gasteiger partial charge on any atom is -0.507 e. The van der Waals surface area contributed by atoms with Gasteiger partial charge in [-0.2, -0.15) is 0 Å². The monoisotopic (exact) mass is 463 g/mol. The fraction of sp³-hybridized carbons (Fsp3) is 0.458. The number of phenols is 1. The summed E-state index contributed by atoms with van der Waals surface area (Å²) in [5.41, 5.74) is 3.96. The molecule has 0 fully saturated rings. The Balaban J connectivity index is 2.34. The van der Waals surface area contributed by atoms with Crippen LogP contribution in [0.2, 0.25) is 0 Å². The van der Waals surface area contributed by atoms with Gasteiger partial charge in [0.2, 0.25) is 5.34 Å². The Bertz CT molecular complexity index is 987. The van der Waals surface area contributed by atoms with Gasteiger partial charge in [-0.05, 0) is 86.1 Å². The molecule has 0 aliphatic heterocycles. The maximum Gasteiger partial charge on any atom is 0.368 e. The Kier molecular flexibility index (Phi) is 8.52. The Morgan fingerprint density at radius 1 is 1.06 bits per heavy atom. The van der Waals surface area contributed by atoms with Crippen LogP contribution >= 0.6 is 7.60 Å². The third-order valence-corrected chi connectivity index (χ3v) is 7.62. The maximum atomic E-state index is 12.3. The lowest BCUT2D eigenvalue weighted by Gasteiger charge is -2.33. The highest BCUT2D eigenvalue weighted by atomic mass is 31.2. The van der Waals surface area contributed by atoms with Crippen LogP contribution in [0.5, 0.6) is 11.5 Å². The third-order valence-electron chi connectivity index (χ3n) is 5.84. The van der Waals surface area contributed by atoms with Crippen molar-refractivity contribution >= 4 is 13.5 Å². The lowest BCUT2D eigenvalue weighted by Crippen LogP contribution is -2.34. The van der Waals surface area contributed by atoms with E-state index in [0.29, 0.717) is 18.7 Å². The van der Waals surface area contributed by atoms with E-state index in [0.717, 1.165) is 28.7 Å². The van der Waals surface area contributed by atoms with E-state index in [2.05, 4.69) is 5.32 Å². The number of ether oxygens (including phenoxy) is 1. The van der Waals surface area contributed by atoms with Gasteiger partial charge in [-0.25, -0.2) is 0 Å². The molecular formula is C24H34NO6P. The number of benzene rings is 2. The largest absolute Gasteiger partial charge is 0.507 e. The number of carbonyl (C=O) groups excluding carboxylic acids is 1. The first kappa shape index (κ1) is 25.9. The zero-order chi connectivity index (χ0) is 24.1. The predicted octanol–water partition coefficient (Wildman–Crippen LogP) is 4.81. The second kappa shape index (κ2) is 10.5. The number of carbonyl (C=O) groups is 1. The third kappa shape index (κ3) is 5.71. The highest BCUT2D eigenvalue weighted by Crippen LogP contribution is 2.55. The number of nitrogens with one attached hydrogen (secondary N) is 1. The van der Waals surface area contributed by atoms with Crippen molar-refractivity contribution in [3.63, 3.8) is 0 Å². The number of aryl methyl sites for hydroxylation is 2. The van der Waals surface area contributed by atoms with Crippen molar-refractivity contribution in [2.24, 2.45) is 0 Å². The molecule has 0 radical (unpaired) electrons. The summed E-state index contributed by atoms with van der Waals surface area (Å²) in [5, 5.41) is 11.3. The number of hydrogen-bond donors (Lipinski definition) is 4. The van der Waals surface area contributed by atoms with Gasteiger partial charge in [0.05, 0.1) is 5.56 Å². The molecule has 0 unspecified atom stereocenters. The molecule has 0 aromatic heterocycles. The van der Waals surface area contributed by atoms with Gasteiger partial charge in [-0.15, -0.1) is 0 Å². The van der Waals surface area contributed by atoms with Crippen molar-refractivity contribution in [2.75, 3.05) is 6.54 Å². The normalized spacial score (nSPS) is 12.0. The van der Waals surface area contributed by atoms with Crippen LogP contribution in [0, 0.1) is 13.8 Å². The number of rotatable bonds is 10. The number of phenolic OH excluding ortho intramolecular Hbond substituents is 1. The van der Waals surface area contributed by atoms with E-state index in [1.807, 2.05) is 20.8 Å². The van der Waals surface area contributed by atoms with Gasteiger partial charge in [0.1, 0.15) is 11.5 Å².